The fraction of sp³-hybridized carbons (Fsp3) is 0.200. The Labute approximate surface area is 67.0 Å². The molecule has 0 fully saturated rings. The van der Waals surface area contributed by atoms with E-state index in [2.05, 4.69) is 20.2 Å². The van der Waals surface area contributed by atoms with Crippen LogP contribution < -0.4 is 0 Å². The highest BCUT2D eigenvalue weighted by Crippen LogP contribution is 2.06. The summed E-state index contributed by atoms with van der Waals surface area (Å²) in [5, 5.41) is 8.11. The summed E-state index contributed by atoms with van der Waals surface area (Å²) in [6.45, 7) is 0. The lowest BCUT2D eigenvalue weighted by Gasteiger charge is -1.83. The lowest BCUT2D eigenvalue weighted by atomic mass is 10.6. The van der Waals surface area contributed by atoms with Crippen LogP contribution in [0, 0.1) is 0 Å². The Morgan fingerprint density at radius 2 is 2.27 bits per heavy atom. The number of halogens is 1. The summed E-state index contributed by atoms with van der Waals surface area (Å²) in [4.78, 5) is 9.04. The molecule has 0 N–H and O–H groups in total. The molecule has 0 aliphatic rings. The monoisotopic (exact) mass is 169 g/mol. The summed E-state index contributed by atoms with van der Waals surface area (Å²) in [5.74, 6) is 0. The number of hydrogen-bond donors (Lipinski definition) is 0. The standard InChI is InChI=1S/C5H4ClN5/c1-11-9-3-2-7-5(6)8-4(3)10-11/h2H,1H3. The van der Waals surface area contributed by atoms with Gasteiger partial charge in [-0.05, 0) is 11.6 Å². The fourth-order valence-corrected chi connectivity index (χ4v) is 0.934. The van der Waals surface area contributed by atoms with Gasteiger partial charge in [-0.1, -0.05) is 0 Å². The van der Waals surface area contributed by atoms with Gasteiger partial charge in [-0.2, -0.15) is 14.9 Å². The molecule has 0 bridgehead atoms. The van der Waals surface area contributed by atoms with Crippen molar-refractivity contribution >= 4 is 22.8 Å². The first kappa shape index (κ1) is 6.48. The van der Waals surface area contributed by atoms with Crippen LogP contribution in [-0.4, -0.2) is 25.0 Å². The van der Waals surface area contributed by atoms with Gasteiger partial charge in [-0.3, -0.25) is 0 Å². The molecule has 0 aliphatic carbocycles. The van der Waals surface area contributed by atoms with Crippen LogP contribution >= 0.6 is 11.6 Å². The van der Waals surface area contributed by atoms with Gasteiger partial charge < -0.3 is 0 Å². The van der Waals surface area contributed by atoms with Gasteiger partial charge >= 0.3 is 0 Å². The molecule has 0 aromatic carbocycles. The van der Waals surface area contributed by atoms with Crippen molar-refractivity contribution < 1.29 is 0 Å². The summed E-state index contributed by atoms with van der Waals surface area (Å²) in [7, 11) is 1.72. The zero-order chi connectivity index (χ0) is 7.84. The van der Waals surface area contributed by atoms with Gasteiger partial charge in [-0.15, -0.1) is 5.10 Å². The maximum Gasteiger partial charge on any atom is 0.224 e. The normalized spacial score (nSPS) is 10.7. The number of fused-ring (bicyclic) bond motifs is 1. The lowest BCUT2D eigenvalue weighted by molar-refractivity contribution is 0.663. The molecule has 2 rings (SSSR count). The second-order valence-electron chi connectivity index (χ2n) is 2.04. The smallest absolute Gasteiger partial charge is 0.224 e. The van der Waals surface area contributed by atoms with E-state index in [1.165, 1.54) is 11.0 Å². The zero-order valence-electron chi connectivity index (χ0n) is 5.69. The summed E-state index contributed by atoms with van der Waals surface area (Å²) in [6, 6.07) is 0. The minimum absolute atomic E-state index is 0.193. The highest BCUT2D eigenvalue weighted by Gasteiger charge is 2.01. The molecule has 11 heavy (non-hydrogen) atoms. The molecule has 0 aliphatic heterocycles. The highest BCUT2D eigenvalue weighted by atomic mass is 35.5. The SMILES string of the molecule is Cn1nc2cnc(Cl)nc2n1. The van der Waals surface area contributed by atoms with E-state index in [1.807, 2.05) is 0 Å². The Morgan fingerprint density at radius 3 is 3.09 bits per heavy atom. The van der Waals surface area contributed by atoms with Crippen LogP contribution in [0.5, 0.6) is 0 Å². The minimum atomic E-state index is 0.193. The second-order valence-corrected chi connectivity index (χ2v) is 2.38. The van der Waals surface area contributed by atoms with Crippen molar-refractivity contribution in [2.24, 2.45) is 7.05 Å². The van der Waals surface area contributed by atoms with E-state index in [1.54, 1.807) is 7.05 Å². The Bertz CT molecular complexity index is 395. The van der Waals surface area contributed by atoms with Crippen molar-refractivity contribution in [1.29, 1.82) is 0 Å². The number of aryl methyl sites for hydroxylation is 1. The first-order valence-electron chi connectivity index (χ1n) is 2.95. The molecular formula is C5H4ClN5. The number of hydrogen-bond acceptors (Lipinski definition) is 4. The van der Waals surface area contributed by atoms with Crippen LogP contribution in [0.4, 0.5) is 0 Å². The first-order chi connectivity index (χ1) is 5.25. The molecule has 5 nitrogen and oxygen atoms in total. The third-order valence-corrected chi connectivity index (χ3v) is 1.39. The molecule has 2 aromatic rings. The predicted molar refractivity (Wildman–Crippen MR) is 39.1 cm³/mol. The molecule has 6 heteroatoms. The van der Waals surface area contributed by atoms with E-state index < -0.39 is 0 Å². The molecule has 56 valence electrons. The van der Waals surface area contributed by atoms with E-state index in [9.17, 15) is 0 Å². The van der Waals surface area contributed by atoms with Crippen molar-refractivity contribution in [3.63, 3.8) is 0 Å². The zero-order valence-corrected chi connectivity index (χ0v) is 6.45. The van der Waals surface area contributed by atoms with Crippen LogP contribution in [0.2, 0.25) is 5.28 Å². The van der Waals surface area contributed by atoms with Crippen molar-refractivity contribution in [3.05, 3.63) is 11.5 Å². The molecule has 0 spiro atoms. The molecule has 2 heterocycles. The molecular weight excluding hydrogens is 166 g/mol. The van der Waals surface area contributed by atoms with E-state index >= 15 is 0 Å². The van der Waals surface area contributed by atoms with Crippen molar-refractivity contribution in [3.8, 4) is 0 Å². The van der Waals surface area contributed by atoms with E-state index in [4.69, 9.17) is 11.6 Å². The molecule has 0 saturated heterocycles. The predicted octanol–water partition coefficient (Wildman–Crippen LogP) is 0.412. The molecule has 0 saturated carbocycles. The van der Waals surface area contributed by atoms with Crippen LogP contribution in [0.1, 0.15) is 0 Å². The summed E-state index contributed by atoms with van der Waals surface area (Å²) >= 11 is 5.53. The summed E-state index contributed by atoms with van der Waals surface area (Å²) in [6.07, 6.45) is 1.54. The Hall–Kier alpha value is -1.23. The average Bonchev–Trinajstić information content (AvgIpc) is 2.27. The third-order valence-electron chi connectivity index (χ3n) is 1.21. The van der Waals surface area contributed by atoms with E-state index in [0.29, 0.717) is 11.2 Å². The van der Waals surface area contributed by atoms with Crippen LogP contribution in [0.15, 0.2) is 6.20 Å². The molecule has 0 radical (unpaired) electrons. The maximum absolute atomic E-state index is 5.53. The van der Waals surface area contributed by atoms with Gasteiger partial charge in [0.1, 0.15) is 0 Å². The highest BCUT2D eigenvalue weighted by molar-refractivity contribution is 6.28. The summed E-state index contributed by atoms with van der Waals surface area (Å²) < 4.78 is 0. The Morgan fingerprint density at radius 1 is 1.45 bits per heavy atom. The van der Waals surface area contributed by atoms with Crippen molar-refractivity contribution in [2.45, 2.75) is 0 Å². The lowest BCUT2D eigenvalue weighted by Crippen LogP contribution is -1.90. The van der Waals surface area contributed by atoms with Gasteiger partial charge in [-0.25, -0.2) is 4.98 Å². The molecule has 0 unspecified atom stereocenters. The number of rotatable bonds is 0. The van der Waals surface area contributed by atoms with Gasteiger partial charge in [0, 0.05) is 7.05 Å². The van der Waals surface area contributed by atoms with Crippen LogP contribution in [0.25, 0.3) is 11.2 Å². The van der Waals surface area contributed by atoms with Gasteiger partial charge in [0.15, 0.2) is 5.52 Å². The van der Waals surface area contributed by atoms with Crippen molar-refractivity contribution in [1.82, 2.24) is 25.0 Å². The fourth-order valence-electron chi connectivity index (χ4n) is 0.805. The van der Waals surface area contributed by atoms with Crippen LogP contribution in [-0.2, 0) is 7.05 Å². The number of aromatic nitrogens is 5. The average molecular weight is 170 g/mol. The maximum atomic E-state index is 5.53. The van der Waals surface area contributed by atoms with E-state index in [-0.39, 0.29) is 5.28 Å². The van der Waals surface area contributed by atoms with Crippen LogP contribution in [0.3, 0.4) is 0 Å². The summed E-state index contributed by atoms with van der Waals surface area (Å²) in [5.41, 5.74) is 1.17. The minimum Gasteiger partial charge on any atom is -0.224 e. The molecule has 0 amide bonds. The van der Waals surface area contributed by atoms with Gasteiger partial charge in [0.05, 0.1) is 6.20 Å². The number of nitrogens with zero attached hydrogens (tertiary/aromatic N) is 5. The first-order valence-corrected chi connectivity index (χ1v) is 3.33. The largest absolute Gasteiger partial charge is 0.224 e. The van der Waals surface area contributed by atoms with Gasteiger partial charge in [0.2, 0.25) is 10.9 Å². The topological polar surface area (TPSA) is 56.5 Å². The third kappa shape index (κ3) is 1.03. The Kier molecular flexibility index (Phi) is 1.25. The molecule has 2 aromatic heterocycles. The van der Waals surface area contributed by atoms with Gasteiger partial charge in [0.25, 0.3) is 0 Å². The van der Waals surface area contributed by atoms with Crippen molar-refractivity contribution in [2.75, 3.05) is 0 Å². The second kappa shape index (κ2) is 2.13. The Balaban J connectivity index is 2.82. The van der Waals surface area contributed by atoms with E-state index in [0.717, 1.165) is 0 Å². The molecule has 0 atom stereocenters. The quantitative estimate of drug-likeness (QED) is 0.536.